The van der Waals surface area contributed by atoms with Gasteiger partial charge in [-0.25, -0.2) is 4.90 Å². The number of carbonyl (C=O) groups excluding carboxylic acids is 2. The first-order chi connectivity index (χ1) is 13.1. The van der Waals surface area contributed by atoms with Gasteiger partial charge in [-0.3, -0.25) is 9.59 Å². The summed E-state index contributed by atoms with van der Waals surface area (Å²) in [5.41, 5.74) is 1.43. The Kier molecular flexibility index (Phi) is 3.57. The summed E-state index contributed by atoms with van der Waals surface area (Å²) in [4.78, 5) is 27.8. The van der Waals surface area contributed by atoms with Crippen molar-refractivity contribution in [1.82, 2.24) is 0 Å². The molecule has 136 valence electrons. The number of amides is 2. The third kappa shape index (κ3) is 2.25. The number of aliphatic hydroxyl groups excluding tert-OH is 1. The van der Waals surface area contributed by atoms with Crippen molar-refractivity contribution >= 4 is 17.5 Å². The van der Waals surface area contributed by atoms with Gasteiger partial charge in [-0.05, 0) is 29.3 Å². The van der Waals surface area contributed by atoms with Gasteiger partial charge in [0.1, 0.15) is 5.60 Å². The molecule has 27 heavy (non-hydrogen) atoms. The predicted octanol–water partition coefficient (Wildman–Crippen LogP) is 2.10. The number of nitrogens with zero attached hydrogens (tertiary/aromatic N) is 1. The van der Waals surface area contributed by atoms with E-state index in [1.54, 1.807) is 12.1 Å². The molecule has 0 radical (unpaired) electrons. The Bertz CT molecular complexity index is 939. The number of para-hydroxylation sites is 1. The first-order valence-corrected chi connectivity index (χ1v) is 9.12. The molecule has 3 aliphatic rings. The van der Waals surface area contributed by atoms with Crippen LogP contribution >= 0.6 is 0 Å². The molecule has 5 nitrogen and oxygen atoms in total. The molecular formula is C22H19NO4. The van der Waals surface area contributed by atoms with Crippen LogP contribution in [-0.2, 0) is 20.7 Å². The van der Waals surface area contributed by atoms with Crippen molar-refractivity contribution in [3.8, 4) is 0 Å². The molecule has 2 bridgehead atoms. The number of hydrogen-bond donors (Lipinski definition) is 1. The molecule has 2 fully saturated rings. The van der Waals surface area contributed by atoms with Crippen molar-refractivity contribution in [1.29, 1.82) is 0 Å². The summed E-state index contributed by atoms with van der Waals surface area (Å²) in [6.07, 6.45) is 1.84. The quantitative estimate of drug-likeness (QED) is 0.669. The summed E-state index contributed by atoms with van der Waals surface area (Å²) in [6.45, 7) is -0.169. The lowest BCUT2D eigenvalue weighted by atomic mass is 9.72. The molecule has 5 heteroatoms. The lowest BCUT2D eigenvalue weighted by Crippen LogP contribution is -2.42. The van der Waals surface area contributed by atoms with Crippen LogP contribution in [0.15, 0.2) is 72.3 Å². The Labute approximate surface area is 156 Å². The molecule has 2 aromatic carbocycles. The summed E-state index contributed by atoms with van der Waals surface area (Å²) < 4.78 is 6.24. The SMILES string of the molecule is O=C1[C@H]2[C@H]3O[C@@](Cc4ccccc4)(C=C3CO)[C@H]2C(=O)N1c1ccccc1. The summed E-state index contributed by atoms with van der Waals surface area (Å²) in [7, 11) is 0. The number of hydrogen-bond acceptors (Lipinski definition) is 4. The maximum Gasteiger partial charge on any atom is 0.241 e. The van der Waals surface area contributed by atoms with Gasteiger partial charge in [0.25, 0.3) is 0 Å². The summed E-state index contributed by atoms with van der Waals surface area (Å²) in [5, 5.41) is 9.77. The second-order valence-electron chi connectivity index (χ2n) is 7.38. The molecule has 0 aliphatic carbocycles. The second-order valence-corrected chi connectivity index (χ2v) is 7.38. The van der Waals surface area contributed by atoms with Crippen molar-refractivity contribution in [2.45, 2.75) is 18.1 Å². The fourth-order valence-corrected chi connectivity index (χ4v) is 4.80. The highest BCUT2D eigenvalue weighted by Crippen LogP contribution is 2.55. The van der Waals surface area contributed by atoms with Gasteiger partial charge in [0, 0.05) is 6.42 Å². The molecule has 3 heterocycles. The highest BCUT2D eigenvalue weighted by atomic mass is 16.5. The first-order valence-electron chi connectivity index (χ1n) is 9.12. The molecule has 2 amide bonds. The zero-order valence-corrected chi connectivity index (χ0v) is 14.6. The van der Waals surface area contributed by atoms with E-state index in [1.807, 2.05) is 54.6 Å². The number of carbonyl (C=O) groups is 2. The second kappa shape index (κ2) is 5.87. The van der Waals surface area contributed by atoms with Crippen LogP contribution in [0, 0.1) is 11.8 Å². The van der Waals surface area contributed by atoms with Gasteiger partial charge >= 0.3 is 0 Å². The summed E-state index contributed by atoms with van der Waals surface area (Å²) in [6, 6.07) is 18.8. The number of benzene rings is 2. The van der Waals surface area contributed by atoms with Crippen LogP contribution in [0.2, 0.25) is 0 Å². The van der Waals surface area contributed by atoms with E-state index in [-0.39, 0.29) is 18.4 Å². The fourth-order valence-electron chi connectivity index (χ4n) is 4.80. The minimum atomic E-state index is -0.884. The Morgan fingerprint density at radius 3 is 2.30 bits per heavy atom. The van der Waals surface area contributed by atoms with Crippen LogP contribution in [0.5, 0.6) is 0 Å². The number of aliphatic hydroxyl groups is 1. The average molecular weight is 361 g/mol. The van der Waals surface area contributed by atoms with E-state index < -0.39 is 23.5 Å². The molecule has 2 aromatic rings. The number of imide groups is 1. The molecule has 0 saturated carbocycles. The zero-order chi connectivity index (χ0) is 18.6. The van der Waals surface area contributed by atoms with Crippen LogP contribution in [0.1, 0.15) is 5.56 Å². The average Bonchev–Trinajstić information content (AvgIpc) is 3.30. The van der Waals surface area contributed by atoms with E-state index in [4.69, 9.17) is 4.74 Å². The van der Waals surface area contributed by atoms with E-state index in [1.165, 1.54) is 4.90 Å². The van der Waals surface area contributed by atoms with Gasteiger partial charge in [-0.1, -0.05) is 48.5 Å². The molecule has 2 saturated heterocycles. The van der Waals surface area contributed by atoms with E-state index >= 15 is 0 Å². The Morgan fingerprint density at radius 2 is 1.63 bits per heavy atom. The minimum absolute atomic E-state index is 0.169. The lowest BCUT2D eigenvalue weighted by molar-refractivity contribution is -0.126. The smallest absolute Gasteiger partial charge is 0.241 e. The normalized spacial score (nSPS) is 31.4. The van der Waals surface area contributed by atoms with Gasteiger partial charge < -0.3 is 9.84 Å². The van der Waals surface area contributed by atoms with Crippen LogP contribution in [0.3, 0.4) is 0 Å². The Morgan fingerprint density at radius 1 is 0.963 bits per heavy atom. The summed E-state index contributed by atoms with van der Waals surface area (Å²) >= 11 is 0. The third-order valence-corrected chi connectivity index (χ3v) is 5.87. The van der Waals surface area contributed by atoms with Crippen LogP contribution in [0.4, 0.5) is 5.69 Å². The number of fused-ring (bicyclic) bond motifs is 5. The van der Waals surface area contributed by atoms with Crippen molar-refractivity contribution in [3.05, 3.63) is 77.9 Å². The highest BCUT2D eigenvalue weighted by Gasteiger charge is 2.69. The largest absolute Gasteiger partial charge is 0.392 e. The maximum atomic E-state index is 13.3. The summed E-state index contributed by atoms with van der Waals surface area (Å²) in [5.74, 6) is -1.60. The molecule has 1 N–H and O–H groups in total. The molecule has 0 unspecified atom stereocenters. The molecule has 4 atom stereocenters. The van der Waals surface area contributed by atoms with Crippen molar-refractivity contribution < 1.29 is 19.4 Å². The van der Waals surface area contributed by atoms with Gasteiger partial charge in [-0.2, -0.15) is 0 Å². The topological polar surface area (TPSA) is 66.8 Å². The lowest BCUT2D eigenvalue weighted by Gasteiger charge is -2.29. The highest BCUT2D eigenvalue weighted by molar-refractivity contribution is 6.23. The van der Waals surface area contributed by atoms with Gasteiger partial charge in [0.15, 0.2) is 0 Å². The first kappa shape index (κ1) is 16.4. The van der Waals surface area contributed by atoms with Crippen LogP contribution < -0.4 is 4.90 Å². The Hall–Kier alpha value is -2.76. The van der Waals surface area contributed by atoms with Crippen molar-refractivity contribution in [3.63, 3.8) is 0 Å². The van der Waals surface area contributed by atoms with Gasteiger partial charge in [-0.15, -0.1) is 0 Å². The van der Waals surface area contributed by atoms with Crippen LogP contribution in [0.25, 0.3) is 0 Å². The number of ether oxygens (including phenoxy) is 1. The fraction of sp³-hybridized carbons (Fsp3) is 0.273. The standard InChI is InChI=1S/C22H19NO4/c24-13-15-12-22(11-14-7-3-1-4-8-14)18-17(19(15)27-22)20(25)23(21(18)26)16-9-5-2-6-10-16/h1-10,12,17-19,24H,11,13H2/t17-,18-,19+,22+/m1/s1. The third-order valence-electron chi connectivity index (χ3n) is 5.87. The van der Waals surface area contributed by atoms with Gasteiger partial charge in [0.05, 0.1) is 30.2 Å². The molecular weight excluding hydrogens is 342 g/mol. The van der Waals surface area contributed by atoms with E-state index in [0.29, 0.717) is 17.7 Å². The van der Waals surface area contributed by atoms with Gasteiger partial charge in [0.2, 0.25) is 11.8 Å². The van der Waals surface area contributed by atoms with E-state index in [9.17, 15) is 14.7 Å². The van der Waals surface area contributed by atoms with Crippen molar-refractivity contribution in [2.75, 3.05) is 11.5 Å². The monoisotopic (exact) mass is 361 g/mol. The van der Waals surface area contributed by atoms with E-state index in [2.05, 4.69) is 0 Å². The molecule has 0 spiro atoms. The molecule has 0 aromatic heterocycles. The predicted molar refractivity (Wildman–Crippen MR) is 98.8 cm³/mol. The van der Waals surface area contributed by atoms with Crippen molar-refractivity contribution in [2.24, 2.45) is 11.8 Å². The molecule has 3 aliphatic heterocycles. The zero-order valence-electron chi connectivity index (χ0n) is 14.6. The van der Waals surface area contributed by atoms with Crippen LogP contribution in [-0.4, -0.2) is 35.2 Å². The minimum Gasteiger partial charge on any atom is -0.392 e. The number of rotatable bonds is 4. The maximum absolute atomic E-state index is 13.3. The number of anilines is 1. The Balaban J connectivity index is 1.58. The van der Waals surface area contributed by atoms with E-state index in [0.717, 1.165) is 5.56 Å². The molecule has 5 rings (SSSR count).